The van der Waals surface area contributed by atoms with Crippen molar-refractivity contribution in [1.82, 2.24) is 29.6 Å². The van der Waals surface area contributed by atoms with Crippen LogP contribution in [0.3, 0.4) is 0 Å². The molecule has 1 fully saturated rings. The molecule has 5 rings (SSSR count). The lowest BCUT2D eigenvalue weighted by Crippen LogP contribution is -2.39. The molecule has 0 spiro atoms. The van der Waals surface area contributed by atoms with E-state index in [0.29, 0.717) is 29.3 Å². The first-order valence-corrected chi connectivity index (χ1v) is 10.6. The number of hydrogen-bond donors (Lipinski definition) is 1. The molecule has 1 saturated heterocycles. The van der Waals surface area contributed by atoms with Crippen molar-refractivity contribution < 1.29 is 9.32 Å². The van der Waals surface area contributed by atoms with Crippen molar-refractivity contribution in [2.75, 3.05) is 13.1 Å². The highest BCUT2D eigenvalue weighted by Crippen LogP contribution is 2.29. The van der Waals surface area contributed by atoms with Crippen LogP contribution in [0.5, 0.6) is 0 Å². The van der Waals surface area contributed by atoms with Crippen molar-refractivity contribution in [2.24, 2.45) is 0 Å². The fourth-order valence-electron chi connectivity index (χ4n) is 3.84. The van der Waals surface area contributed by atoms with Crippen molar-refractivity contribution in [1.29, 1.82) is 0 Å². The van der Waals surface area contributed by atoms with Gasteiger partial charge in [0.15, 0.2) is 11.5 Å². The van der Waals surface area contributed by atoms with E-state index in [4.69, 9.17) is 4.52 Å². The summed E-state index contributed by atoms with van der Waals surface area (Å²) in [5, 5.41) is 10.5. The molecule has 4 aromatic heterocycles. The van der Waals surface area contributed by atoms with E-state index < -0.39 is 0 Å². The van der Waals surface area contributed by atoms with Gasteiger partial charge in [-0.2, -0.15) is 10.1 Å². The van der Waals surface area contributed by atoms with Crippen molar-refractivity contribution in [3.63, 3.8) is 0 Å². The molecule has 154 valence electrons. The zero-order valence-corrected chi connectivity index (χ0v) is 17.4. The van der Waals surface area contributed by atoms with E-state index in [9.17, 15) is 9.59 Å². The number of piperidine rings is 1. The van der Waals surface area contributed by atoms with Gasteiger partial charge in [0, 0.05) is 37.0 Å². The SMILES string of the molecule is Cc1cn2nc(-c3nc([C@H]4CCCN(C(=O)c5sccc5C)C4)no3)cc2c(=O)[nH]1. The second-order valence-electron chi connectivity index (χ2n) is 7.61. The Hall–Kier alpha value is -3.27. The first-order valence-electron chi connectivity index (χ1n) is 9.76. The zero-order valence-electron chi connectivity index (χ0n) is 16.6. The lowest BCUT2D eigenvalue weighted by atomic mass is 9.97. The number of fused-ring (bicyclic) bond motifs is 1. The number of amides is 1. The summed E-state index contributed by atoms with van der Waals surface area (Å²) in [5.41, 5.74) is 2.35. The molecule has 0 saturated carbocycles. The number of hydrogen-bond acceptors (Lipinski definition) is 7. The molecule has 0 radical (unpaired) electrons. The van der Waals surface area contributed by atoms with Gasteiger partial charge in [-0.25, -0.2) is 4.52 Å². The molecule has 0 bridgehead atoms. The van der Waals surface area contributed by atoms with Crippen molar-refractivity contribution in [2.45, 2.75) is 32.6 Å². The summed E-state index contributed by atoms with van der Waals surface area (Å²) in [7, 11) is 0. The Bertz CT molecular complexity index is 1300. The van der Waals surface area contributed by atoms with Crippen molar-refractivity contribution in [3.05, 3.63) is 56.0 Å². The number of nitrogens with one attached hydrogen (secondary N) is 1. The number of carbonyl (C=O) groups excluding carboxylic acids is 1. The number of nitrogens with zero attached hydrogens (tertiary/aromatic N) is 5. The van der Waals surface area contributed by atoms with Gasteiger partial charge in [0.2, 0.25) is 0 Å². The quantitative estimate of drug-likeness (QED) is 0.542. The minimum atomic E-state index is -0.223. The molecule has 1 atom stereocenters. The Morgan fingerprint density at radius 2 is 2.23 bits per heavy atom. The standard InChI is InChI=1S/C20H20N6O3S/c1-11-5-7-30-16(11)20(28)25-6-3-4-13(10-25)17-22-19(29-24-17)14-8-15-18(27)21-12(2)9-26(15)23-14/h5,7-9,13H,3-4,6,10H2,1-2H3,(H,21,27)/t13-/m0/s1. The van der Waals surface area contributed by atoms with Gasteiger partial charge in [0.25, 0.3) is 17.4 Å². The maximum Gasteiger partial charge on any atom is 0.278 e. The summed E-state index contributed by atoms with van der Waals surface area (Å²) in [6, 6.07) is 3.60. The Kier molecular flexibility index (Phi) is 4.50. The first-order chi connectivity index (χ1) is 14.5. The third kappa shape index (κ3) is 3.22. The van der Waals surface area contributed by atoms with Crippen molar-refractivity contribution >= 4 is 22.8 Å². The summed E-state index contributed by atoms with van der Waals surface area (Å²) in [6.45, 7) is 5.03. The van der Waals surface area contributed by atoms with Crippen LogP contribution in [-0.2, 0) is 0 Å². The van der Waals surface area contributed by atoms with E-state index in [1.54, 1.807) is 19.2 Å². The fourth-order valence-corrected chi connectivity index (χ4v) is 4.73. The van der Waals surface area contributed by atoms with Gasteiger partial charge < -0.3 is 14.4 Å². The summed E-state index contributed by atoms with van der Waals surface area (Å²) in [5.74, 6) is 0.893. The molecular formula is C20H20N6O3S. The van der Waals surface area contributed by atoms with Gasteiger partial charge in [-0.15, -0.1) is 11.3 Å². The lowest BCUT2D eigenvalue weighted by molar-refractivity contribution is 0.0708. The minimum Gasteiger partial charge on any atom is -0.337 e. The van der Waals surface area contributed by atoms with Crippen LogP contribution >= 0.6 is 11.3 Å². The molecule has 1 aliphatic rings. The molecule has 10 heteroatoms. The highest BCUT2D eigenvalue weighted by Gasteiger charge is 2.30. The van der Waals surface area contributed by atoms with Gasteiger partial charge in [-0.1, -0.05) is 5.16 Å². The Morgan fingerprint density at radius 3 is 3.03 bits per heavy atom. The largest absolute Gasteiger partial charge is 0.337 e. The third-order valence-electron chi connectivity index (χ3n) is 5.39. The number of aromatic nitrogens is 5. The fraction of sp³-hybridized carbons (Fsp3) is 0.350. The monoisotopic (exact) mass is 424 g/mol. The smallest absolute Gasteiger partial charge is 0.278 e. The van der Waals surface area contributed by atoms with Gasteiger partial charge in [-0.05, 0) is 43.7 Å². The molecule has 0 aromatic carbocycles. The number of aromatic amines is 1. The topological polar surface area (TPSA) is 109 Å². The average molecular weight is 424 g/mol. The molecule has 4 aromatic rings. The van der Waals surface area contributed by atoms with Gasteiger partial charge >= 0.3 is 0 Å². The Morgan fingerprint density at radius 1 is 1.37 bits per heavy atom. The maximum absolute atomic E-state index is 12.9. The highest BCUT2D eigenvalue weighted by atomic mass is 32.1. The third-order valence-corrected chi connectivity index (χ3v) is 6.39. The summed E-state index contributed by atoms with van der Waals surface area (Å²) >= 11 is 1.47. The highest BCUT2D eigenvalue weighted by molar-refractivity contribution is 7.12. The van der Waals surface area contributed by atoms with Crippen LogP contribution in [0.4, 0.5) is 0 Å². The first kappa shape index (κ1) is 18.7. The number of H-pyrrole nitrogens is 1. The molecule has 30 heavy (non-hydrogen) atoms. The van der Waals surface area contributed by atoms with Gasteiger partial charge in [0.1, 0.15) is 5.52 Å². The number of likely N-dealkylation sites (tertiary alicyclic amines) is 1. The van der Waals surface area contributed by atoms with E-state index in [1.807, 2.05) is 23.3 Å². The molecule has 5 heterocycles. The van der Waals surface area contributed by atoms with Gasteiger partial charge in [0.05, 0.1) is 4.88 Å². The van der Waals surface area contributed by atoms with E-state index in [0.717, 1.165) is 29.8 Å². The second-order valence-corrected chi connectivity index (χ2v) is 8.52. The van der Waals surface area contributed by atoms with Gasteiger partial charge in [-0.3, -0.25) is 9.59 Å². The van der Waals surface area contributed by atoms with Crippen LogP contribution < -0.4 is 5.56 Å². The second kappa shape index (κ2) is 7.21. The van der Waals surface area contributed by atoms with Crippen LogP contribution in [0.1, 0.15) is 45.5 Å². The molecule has 0 aliphatic carbocycles. The number of aryl methyl sites for hydroxylation is 2. The molecule has 9 nitrogen and oxygen atoms in total. The predicted octanol–water partition coefficient (Wildman–Crippen LogP) is 2.77. The summed E-state index contributed by atoms with van der Waals surface area (Å²) in [4.78, 5) is 34.9. The normalized spacial score (nSPS) is 17.0. The molecule has 1 amide bonds. The number of rotatable bonds is 3. The van der Waals surface area contributed by atoms with E-state index >= 15 is 0 Å². The maximum atomic E-state index is 12.9. The Balaban J connectivity index is 1.39. The Labute approximate surface area is 175 Å². The molecular weight excluding hydrogens is 404 g/mol. The van der Waals surface area contributed by atoms with E-state index in [-0.39, 0.29) is 23.3 Å². The lowest BCUT2D eigenvalue weighted by Gasteiger charge is -2.31. The van der Waals surface area contributed by atoms with Crippen LogP contribution in [0.2, 0.25) is 0 Å². The average Bonchev–Trinajstić information content (AvgIpc) is 3.46. The van der Waals surface area contributed by atoms with Crippen LogP contribution in [-0.4, -0.2) is 48.6 Å². The molecule has 1 N–H and O–H groups in total. The number of carbonyl (C=O) groups is 1. The van der Waals surface area contributed by atoms with Crippen LogP contribution in [0, 0.1) is 13.8 Å². The summed E-state index contributed by atoms with van der Waals surface area (Å²) in [6.07, 6.45) is 3.50. The zero-order chi connectivity index (χ0) is 20.8. The van der Waals surface area contributed by atoms with E-state index in [2.05, 4.69) is 20.2 Å². The molecule has 0 unspecified atom stereocenters. The van der Waals surface area contributed by atoms with Crippen LogP contribution in [0.15, 0.2) is 33.0 Å². The summed E-state index contributed by atoms with van der Waals surface area (Å²) < 4.78 is 6.95. The minimum absolute atomic E-state index is 0.00291. The number of thiophene rings is 1. The predicted molar refractivity (Wildman–Crippen MR) is 111 cm³/mol. The van der Waals surface area contributed by atoms with Crippen LogP contribution in [0.25, 0.3) is 17.1 Å². The molecule has 1 aliphatic heterocycles. The van der Waals surface area contributed by atoms with Crippen molar-refractivity contribution in [3.8, 4) is 11.6 Å². The van der Waals surface area contributed by atoms with E-state index in [1.165, 1.54) is 15.9 Å².